The van der Waals surface area contributed by atoms with Crippen LogP contribution >= 0.6 is 0 Å². The fraction of sp³-hybridized carbons (Fsp3) is 0.724. The predicted molar refractivity (Wildman–Crippen MR) is 155 cm³/mol. The maximum absolute atomic E-state index is 13.4. The Morgan fingerprint density at radius 3 is 2.35 bits per heavy atom. The van der Waals surface area contributed by atoms with Crippen molar-refractivity contribution in [1.29, 1.82) is 0 Å². The third kappa shape index (κ3) is 13.0. The van der Waals surface area contributed by atoms with Crippen LogP contribution in [0.1, 0.15) is 84.1 Å². The normalized spacial score (nSPS) is 17.6. The summed E-state index contributed by atoms with van der Waals surface area (Å²) in [6.45, 7) is 6.10. The van der Waals surface area contributed by atoms with E-state index in [4.69, 9.17) is 4.74 Å². The first kappa shape index (κ1) is 34.0. The summed E-state index contributed by atoms with van der Waals surface area (Å²) in [7, 11) is -3.82. The second-order valence-electron chi connectivity index (χ2n) is 11.3. The highest BCUT2D eigenvalue weighted by Gasteiger charge is 2.35. The van der Waals surface area contributed by atoms with E-state index in [0.29, 0.717) is 19.3 Å². The highest BCUT2D eigenvalue weighted by molar-refractivity contribution is 7.89. The third-order valence-electron chi connectivity index (χ3n) is 7.22. The minimum Gasteiger partial charge on any atom is -0.445 e. The van der Waals surface area contributed by atoms with E-state index in [1.165, 1.54) is 0 Å². The van der Waals surface area contributed by atoms with Crippen molar-refractivity contribution in [2.75, 3.05) is 12.3 Å². The average Bonchev–Trinajstić information content (AvgIpc) is 2.91. The first-order chi connectivity index (χ1) is 19.0. The number of rotatable bonds is 17. The molecule has 1 aliphatic rings. The van der Waals surface area contributed by atoms with Gasteiger partial charge in [0, 0.05) is 6.54 Å². The summed E-state index contributed by atoms with van der Waals surface area (Å²) in [5.74, 6) is -0.889. The number of aliphatic hydroxyl groups excluding tert-OH is 2. The zero-order chi connectivity index (χ0) is 29.5. The van der Waals surface area contributed by atoms with Crippen molar-refractivity contribution in [3.8, 4) is 0 Å². The maximum atomic E-state index is 13.4. The van der Waals surface area contributed by atoms with E-state index in [1.807, 2.05) is 51.1 Å². The van der Waals surface area contributed by atoms with Gasteiger partial charge < -0.3 is 25.6 Å². The summed E-state index contributed by atoms with van der Waals surface area (Å²) < 4.78 is 32.6. The molecule has 2 amide bonds. The number of hydrogen-bond donors (Lipinski definition) is 5. The first-order valence-electron chi connectivity index (χ1n) is 14.6. The van der Waals surface area contributed by atoms with E-state index >= 15 is 0 Å². The highest BCUT2D eigenvalue weighted by atomic mass is 32.2. The predicted octanol–water partition coefficient (Wildman–Crippen LogP) is 3.22. The topological polar surface area (TPSA) is 154 Å². The maximum Gasteiger partial charge on any atom is 0.408 e. The number of amides is 2. The van der Waals surface area contributed by atoms with Gasteiger partial charge in [0.25, 0.3) is 0 Å². The lowest BCUT2D eigenvalue weighted by atomic mass is 9.83. The molecule has 0 spiro atoms. The molecule has 1 saturated carbocycles. The molecular formula is C29H49N3O7S. The number of ether oxygens (including phenoxy) is 1. The lowest BCUT2D eigenvalue weighted by Gasteiger charge is -2.33. The van der Waals surface area contributed by atoms with Crippen molar-refractivity contribution in [3.05, 3.63) is 35.9 Å². The van der Waals surface area contributed by atoms with Crippen LogP contribution in [0.3, 0.4) is 0 Å². The molecule has 2 rings (SSSR count). The Morgan fingerprint density at radius 2 is 1.73 bits per heavy atom. The number of carbonyl (C=O) groups excluding carboxylic acids is 2. The second kappa shape index (κ2) is 17.6. The van der Waals surface area contributed by atoms with Gasteiger partial charge in [-0.15, -0.1) is 0 Å². The van der Waals surface area contributed by atoms with Crippen LogP contribution in [0.15, 0.2) is 30.3 Å². The van der Waals surface area contributed by atoms with E-state index in [9.17, 15) is 28.2 Å². The Labute approximate surface area is 239 Å². The zero-order valence-corrected chi connectivity index (χ0v) is 25.0. The van der Waals surface area contributed by atoms with Crippen molar-refractivity contribution in [3.63, 3.8) is 0 Å². The van der Waals surface area contributed by atoms with Crippen molar-refractivity contribution in [2.24, 2.45) is 11.8 Å². The Hall–Kier alpha value is -2.21. The van der Waals surface area contributed by atoms with Gasteiger partial charge in [0.15, 0.2) is 0 Å². The first-order valence-corrected chi connectivity index (χ1v) is 16.3. The van der Waals surface area contributed by atoms with Crippen LogP contribution in [-0.2, 0) is 26.2 Å². The molecular weight excluding hydrogens is 534 g/mol. The van der Waals surface area contributed by atoms with E-state index in [2.05, 4.69) is 15.4 Å². The Kier molecular flexibility index (Phi) is 14.9. The molecule has 3 unspecified atom stereocenters. The number of benzene rings is 1. The lowest BCUT2D eigenvalue weighted by Crippen LogP contribution is -2.56. The van der Waals surface area contributed by atoms with Crippen LogP contribution in [-0.4, -0.2) is 67.2 Å². The summed E-state index contributed by atoms with van der Waals surface area (Å²) in [6, 6.07) is 7.38. The molecule has 0 heterocycles. The number of nitrogens with one attached hydrogen (secondary N) is 3. The molecule has 10 nitrogen and oxygen atoms in total. The largest absolute Gasteiger partial charge is 0.445 e. The number of alkyl carbamates (subject to hydrolysis) is 1. The zero-order valence-electron chi connectivity index (χ0n) is 24.2. The van der Waals surface area contributed by atoms with Crippen LogP contribution in [0, 0.1) is 11.8 Å². The second-order valence-corrected chi connectivity index (χ2v) is 13.2. The van der Waals surface area contributed by atoms with Gasteiger partial charge in [-0.1, -0.05) is 89.6 Å². The molecule has 1 aromatic carbocycles. The Morgan fingerprint density at radius 1 is 1.05 bits per heavy atom. The van der Waals surface area contributed by atoms with Crippen LogP contribution in [0.2, 0.25) is 0 Å². The smallest absolute Gasteiger partial charge is 0.408 e. The van der Waals surface area contributed by atoms with Gasteiger partial charge in [-0.2, -0.15) is 0 Å². The van der Waals surface area contributed by atoms with Crippen LogP contribution in [0.5, 0.6) is 0 Å². The van der Waals surface area contributed by atoms with E-state index < -0.39 is 52.1 Å². The molecule has 4 atom stereocenters. The molecule has 11 heteroatoms. The molecule has 1 fully saturated rings. The summed E-state index contributed by atoms with van der Waals surface area (Å²) in [4.78, 5) is 26.0. The SMILES string of the molecule is CCCCNS(=O)(=O)CC(O)C(O)C(CC1CCCCC1)NC(=O)[C@H](CC(C)C)NC(=O)OCc1ccccc1. The molecule has 228 valence electrons. The van der Waals surface area contributed by atoms with Gasteiger partial charge >= 0.3 is 6.09 Å². The third-order valence-corrected chi connectivity index (χ3v) is 8.64. The highest BCUT2D eigenvalue weighted by Crippen LogP contribution is 2.28. The molecule has 0 radical (unpaired) electrons. The molecule has 0 saturated heterocycles. The summed E-state index contributed by atoms with van der Waals surface area (Å²) in [5, 5.41) is 27.3. The molecule has 0 aromatic heterocycles. The number of aliphatic hydroxyl groups is 2. The number of unbranched alkanes of at least 4 members (excludes halogenated alkanes) is 1. The summed E-state index contributed by atoms with van der Waals surface area (Å²) in [6.07, 6.45) is 3.47. The van der Waals surface area contributed by atoms with Gasteiger partial charge in [-0.3, -0.25) is 4.79 Å². The average molecular weight is 584 g/mol. The van der Waals surface area contributed by atoms with Crippen molar-refractivity contribution in [2.45, 2.75) is 109 Å². The fourth-order valence-corrected chi connectivity index (χ4v) is 6.23. The quantitative estimate of drug-likeness (QED) is 0.176. The van der Waals surface area contributed by atoms with Crippen molar-refractivity contribution < 1.29 is 33.0 Å². The number of hydrogen-bond acceptors (Lipinski definition) is 7. The number of carbonyl (C=O) groups is 2. The van der Waals surface area contributed by atoms with Crippen LogP contribution in [0.25, 0.3) is 0 Å². The van der Waals surface area contributed by atoms with E-state index in [1.54, 1.807) is 0 Å². The molecule has 0 aliphatic heterocycles. The van der Waals surface area contributed by atoms with Gasteiger partial charge in [0.1, 0.15) is 18.8 Å². The number of sulfonamides is 1. The van der Waals surface area contributed by atoms with Crippen molar-refractivity contribution in [1.82, 2.24) is 15.4 Å². The van der Waals surface area contributed by atoms with Crippen molar-refractivity contribution >= 4 is 22.0 Å². The minimum atomic E-state index is -3.82. The van der Waals surface area contributed by atoms with Gasteiger partial charge in [0.05, 0.1) is 17.9 Å². The van der Waals surface area contributed by atoms with Crippen LogP contribution < -0.4 is 15.4 Å². The fourth-order valence-electron chi connectivity index (χ4n) is 5.01. The Bertz CT molecular complexity index is 985. The lowest BCUT2D eigenvalue weighted by molar-refractivity contribution is -0.126. The van der Waals surface area contributed by atoms with Crippen LogP contribution in [0.4, 0.5) is 4.79 Å². The van der Waals surface area contributed by atoms with Gasteiger partial charge in [-0.05, 0) is 36.7 Å². The Balaban J connectivity index is 2.10. The standard InChI is InChI=1S/C29H49N3O7S/c1-4-5-16-30-40(37,38)20-26(33)27(34)24(18-22-12-8-6-9-13-22)31-28(35)25(17-21(2)3)32-29(36)39-19-23-14-10-7-11-15-23/h7,10-11,14-15,21-22,24-27,30,33-34H,4-6,8-9,12-13,16-20H2,1-3H3,(H,31,35)(H,32,36)/t24?,25-,26?,27?/m0/s1. The van der Waals surface area contributed by atoms with Gasteiger partial charge in [0.2, 0.25) is 15.9 Å². The molecule has 40 heavy (non-hydrogen) atoms. The summed E-state index contributed by atoms with van der Waals surface area (Å²) >= 11 is 0. The van der Waals surface area contributed by atoms with E-state index in [-0.39, 0.29) is 25.0 Å². The van der Waals surface area contributed by atoms with Gasteiger partial charge in [-0.25, -0.2) is 17.9 Å². The van der Waals surface area contributed by atoms with E-state index in [0.717, 1.165) is 44.1 Å². The molecule has 5 N–H and O–H groups in total. The monoisotopic (exact) mass is 583 g/mol. The molecule has 1 aliphatic carbocycles. The molecule has 0 bridgehead atoms. The minimum absolute atomic E-state index is 0.0542. The summed E-state index contributed by atoms with van der Waals surface area (Å²) in [5.41, 5.74) is 0.811. The molecule has 1 aromatic rings.